The molecule has 0 aliphatic carbocycles. The van der Waals surface area contributed by atoms with Gasteiger partial charge in [-0.05, 0) is 23.8 Å². The zero-order valence-corrected chi connectivity index (χ0v) is 18.4. The van der Waals surface area contributed by atoms with E-state index in [0.29, 0.717) is 41.0 Å². The number of aromatic nitrogens is 3. The second-order valence-electron chi connectivity index (χ2n) is 8.16. The molecule has 32 heavy (non-hydrogen) atoms. The van der Waals surface area contributed by atoms with Crippen molar-refractivity contribution in [3.05, 3.63) is 84.1 Å². The van der Waals surface area contributed by atoms with Crippen LogP contribution < -0.4 is 5.32 Å². The van der Waals surface area contributed by atoms with Gasteiger partial charge in [0, 0.05) is 17.9 Å². The molecule has 1 atom stereocenters. The average Bonchev–Trinajstić information content (AvgIpc) is 3.45. The molecule has 4 aromatic rings. The highest BCUT2D eigenvalue weighted by atomic mass is 32.2. The molecule has 1 fully saturated rings. The van der Waals surface area contributed by atoms with E-state index in [-0.39, 0.29) is 12.5 Å². The molecular formula is C25H24N4O2S. The first-order valence-corrected chi connectivity index (χ1v) is 11.8. The van der Waals surface area contributed by atoms with Crippen molar-refractivity contribution in [3.8, 4) is 11.3 Å². The Morgan fingerprint density at radius 2 is 1.88 bits per heavy atom. The zero-order valence-electron chi connectivity index (χ0n) is 17.6. The number of fused-ring (bicyclic) bond motifs is 1. The fourth-order valence-electron chi connectivity index (χ4n) is 3.94. The molecule has 0 bridgehead atoms. The molecule has 2 N–H and O–H groups in total. The van der Waals surface area contributed by atoms with Crippen LogP contribution in [0.4, 0.5) is 0 Å². The molecule has 162 valence electrons. The second kappa shape index (κ2) is 8.76. The van der Waals surface area contributed by atoms with Crippen LogP contribution in [0, 0.1) is 0 Å². The van der Waals surface area contributed by atoms with E-state index >= 15 is 0 Å². The van der Waals surface area contributed by atoms with E-state index in [1.165, 1.54) is 0 Å². The van der Waals surface area contributed by atoms with Gasteiger partial charge in [0.15, 0.2) is 5.65 Å². The van der Waals surface area contributed by atoms with Gasteiger partial charge in [-0.15, -0.1) is 0 Å². The fourth-order valence-corrected chi connectivity index (χ4v) is 5.24. The van der Waals surface area contributed by atoms with Gasteiger partial charge in [0.1, 0.15) is 0 Å². The van der Waals surface area contributed by atoms with Crippen LogP contribution >= 0.6 is 11.8 Å². The minimum atomic E-state index is -0.841. The van der Waals surface area contributed by atoms with Crippen LogP contribution in [0.3, 0.4) is 0 Å². The van der Waals surface area contributed by atoms with E-state index < -0.39 is 5.60 Å². The molecule has 1 amide bonds. The molecule has 1 saturated heterocycles. The molecule has 6 nitrogen and oxygen atoms in total. The maximum Gasteiger partial charge on any atom is 0.252 e. The third-order valence-electron chi connectivity index (χ3n) is 5.76. The van der Waals surface area contributed by atoms with Crippen LogP contribution in [0.5, 0.6) is 0 Å². The van der Waals surface area contributed by atoms with E-state index in [9.17, 15) is 9.90 Å². The predicted molar refractivity (Wildman–Crippen MR) is 128 cm³/mol. The molecular weight excluding hydrogens is 420 g/mol. The third kappa shape index (κ3) is 4.26. The van der Waals surface area contributed by atoms with Crippen molar-refractivity contribution in [2.24, 2.45) is 0 Å². The van der Waals surface area contributed by atoms with Gasteiger partial charge in [0.25, 0.3) is 5.91 Å². The smallest absolute Gasteiger partial charge is 0.252 e. The number of carbonyl (C=O) groups is 1. The van der Waals surface area contributed by atoms with Crippen LogP contribution in [0.1, 0.15) is 22.3 Å². The van der Waals surface area contributed by atoms with Crippen molar-refractivity contribution in [2.45, 2.75) is 18.6 Å². The van der Waals surface area contributed by atoms with Crippen molar-refractivity contribution >= 4 is 28.7 Å². The van der Waals surface area contributed by atoms with Gasteiger partial charge in [-0.2, -0.15) is 16.9 Å². The number of benzene rings is 2. The zero-order chi connectivity index (χ0) is 22.0. The maximum absolute atomic E-state index is 13.2. The van der Waals surface area contributed by atoms with Crippen LogP contribution in [-0.4, -0.2) is 49.4 Å². The Bertz CT molecular complexity index is 1240. The summed E-state index contributed by atoms with van der Waals surface area (Å²) in [6, 6.07) is 21.7. The Labute approximate surface area is 190 Å². The number of pyridine rings is 1. The number of amides is 1. The topological polar surface area (TPSA) is 80.0 Å². The van der Waals surface area contributed by atoms with Crippen LogP contribution in [-0.2, 0) is 6.54 Å². The number of hydrogen-bond donors (Lipinski definition) is 2. The fraction of sp³-hybridized carbons (Fsp3) is 0.240. The molecule has 0 radical (unpaired) electrons. The maximum atomic E-state index is 13.2. The molecule has 3 heterocycles. The molecule has 0 unspecified atom stereocenters. The van der Waals surface area contributed by atoms with E-state index in [1.54, 1.807) is 18.0 Å². The summed E-state index contributed by atoms with van der Waals surface area (Å²) in [4.78, 5) is 18.1. The normalized spacial score (nSPS) is 18.2. The Morgan fingerprint density at radius 1 is 1.12 bits per heavy atom. The first-order valence-electron chi connectivity index (χ1n) is 10.7. The summed E-state index contributed by atoms with van der Waals surface area (Å²) in [5.41, 5.74) is 3.09. The molecule has 5 rings (SSSR count). The van der Waals surface area contributed by atoms with Crippen LogP contribution in [0.25, 0.3) is 22.3 Å². The lowest BCUT2D eigenvalue weighted by Crippen LogP contribution is -2.43. The van der Waals surface area contributed by atoms with E-state index in [4.69, 9.17) is 4.98 Å². The van der Waals surface area contributed by atoms with Crippen molar-refractivity contribution in [2.75, 3.05) is 18.1 Å². The number of carbonyl (C=O) groups excluding carboxylic acids is 1. The summed E-state index contributed by atoms with van der Waals surface area (Å²) in [5, 5.41) is 18.8. The minimum absolute atomic E-state index is 0.223. The standard InChI is InChI=1S/C25H24N4O2S/c30-24(26-16-25(31)11-12-32-17-25)20-13-22(19-9-5-2-6-10-19)28-23-21(20)14-27-29(23)15-18-7-3-1-4-8-18/h1-10,13-14,31H,11-12,15-17H2,(H,26,30)/t25-/m0/s1. The SMILES string of the molecule is O=C(NC[C@@]1(O)CCSC1)c1cc(-c2ccccc2)nc2c1cnn2Cc1ccccc1. The summed E-state index contributed by atoms with van der Waals surface area (Å²) in [5.74, 6) is 1.33. The molecule has 1 aliphatic rings. The number of aliphatic hydroxyl groups is 1. The van der Waals surface area contributed by atoms with Gasteiger partial charge in [-0.25, -0.2) is 9.67 Å². The quantitative estimate of drug-likeness (QED) is 0.474. The number of nitrogens with one attached hydrogen (secondary N) is 1. The van der Waals surface area contributed by atoms with Crippen molar-refractivity contribution in [1.29, 1.82) is 0 Å². The highest BCUT2D eigenvalue weighted by molar-refractivity contribution is 7.99. The van der Waals surface area contributed by atoms with E-state index in [0.717, 1.165) is 16.9 Å². The Balaban J connectivity index is 1.54. The van der Waals surface area contributed by atoms with Gasteiger partial charge in [0.05, 0.1) is 35.0 Å². The minimum Gasteiger partial charge on any atom is -0.387 e. The number of nitrogens with zero attached hydrogens (tertiary/aromatic N) is 3. The lowest BCUT2D eigenvalue weighted by Gasteiger charge is -2.21. The molecule has 0 spiro atoms. The number of thioether (sulfide) groups is 1. The Kier molecular flexibility index (Phi) is 5.68. The molecule has 1 aliphatic heterocycles. The highest BCUT2D eigenvalue weighted by Crippen LogP contribution is 2.28. The summed E-state index contributed by atoms with van der Waals surface area (Å²) in [7, 11) is 0. The van der Waals surface area contributed by atoms with Crippen LogP contribution in [0.2, 0.25) is 0 Å². The van der Waals surface area contributed by atoms with Gasteiger partial charge < -0.3 is 10.4 Å². The summed E-state index contributed by atoms with van der Waals surface area (Å²) >= 11 is 1.71. The summed E-state index contributed by atoms with van der Waals surface area (Å²) in [6.45, 7) is 0.801. The molecule has 7 heteroatoms. The highest BCUT2D eigenvalue weighted by Gasteiger charge is 2.32. The second-order valence-corrected chi connectivity index (χ2v) is 9.26. The first-order chi connectivity index (χ1) is 15.6. The largest absolute Gasteiger partial charge is 0.387 e. The van der Waals surface area contributed by atoms with Crippen LogP contribution in [0.15, 0.2) is 72.9 Å². The van der Waals surface area contributed by atoms with Gasteiger partial charge in [-0.1, -0.05) is 60.7 Å². The van der Waals surface area contributed by atoms with Gasteiger partial charge >= 0.3 is 0 Å². The molecule has 0 saturated carbocycles. The number of rotatable bonds is 6. The van der Waals surface area contributed by atoms with Crippen molar-refractivity contribution in [3.63, 3.8) is 0 Å². The number of hydrogen-bond acceptors (Lipinski definition) is 5. The van der Waals surface area contributed by atoms with Gasteiger partial charge in [-0.3, -0.25) is 4.79 Å². The molecule has 2 aromatic heterocycles. The van der Waals surface area contributed by atoms with Crippen molar-refractivity contribution < 1.29 is 9.90 Å². The Morgan fingerprint density at radius 3 is 2.59 bits per heavy atom. The third-order valence-corrected chi connectivity index (χ3v) is 6.99. The lowest BCUT2D eigenvalue weighted by atomic mass is 10.0. The average molecular weight is 445 g/mol. The summed E-state index contributed by atoms with van der Waals surface area (Å²) in [6.07, 6.45) is 2.39. The molecule has 2 aromatic carbocycles. The summed E-state index contributed by atoms with van der Waals surface area (Å²) < 4.78 is 1.83. The Hall–Kier alpha value is -3.16. The van der Waals surface area contributed by atoms with E-state index in [1.807, 2.05) is 71.4 Å². The lowest BCUT2D eigenvalue weighted by molar-refractivity contribution is 0.0613. The van der Waals surface area contributed by atoms with Crippen molar-refractivity contribution in [1.82, 2.24) is 20.1 Å². The first kappa shape index (κ1) is 20.7. The van der Waals surface area contributed by atoms with Gasteiger partial charge in [0.2, 0.25) is 0 Å². The predicted octanol–water partition coefficient (Wildman–Crippen LogP) is 3.74. The monoisotopic (exact) mass is 444 g/mol. The van der Waals surface area contributed by atoms with E-state index in [2.05, 4.69) is 10.4 Å².